The first-order valence-corrected chi connectivity index (χ1v) is 6.39. The van der Waals surface area contributed by atoms with Crippen molar-refractivity contribution >= 4 is 17.7 Å². The quantitative estimate of drug-likeness (QED) is 0.825. The third-order valence-electron chi connectivity index (χ3n) is 3.08. The van der Waals surface area contributed by atoms with Gasteiger partial charge in [-0.15, -0.1) is 0 Å². The number of nitrogens with zero attached hydrogens (tertiary/aromatic N) is 2. The molecule has 0 fully saturated rings. The van der Waals surface area contributed by atoms with Gasteiger partial charge in [-0.25, -0.2) is 4.79 Å². The molecule has 1 aromatic carbocycles. The number of para-hydroxylation sites is 1. The van der Waals surface area contributed by atoms with Crippen LogP contribution in [0.15, 0.2) is 30.3 Å². The molecule has 0 saturated carbocycles. The van der Waals surface area contributed by atoms with Gasteiger partial charge in [-0.05, 0) is 19.1 Å². The van der Waals surface area contributed by atoms with Crippen LogP contribution in [0.1, 0.15) is 13.3 Å². The van der Waals surface area contributed by atoms with Crippen molar-refractivity contribution in [3.8, 4) is 0 Å². The summed E-state index contributed by atoms with van der Waals surface area (Å²) in [7, 11) is 1.58. The van der Waals surface area contributed by atoms with Crippen LogP contribution in [0.25, 0.3) is 0 Å². The van der Waals surface area contributed by atoms with Gasteiger partial charge < -0.3 is 15.1 Å². The van der Waals surface area contributed by atoms with Crippen molar-refractivity contribution in [2.24, 2.45) is 0 Å². The Morgan fingerprint density at radius 2 is 1.85 bits per heavy atom. The van der Waals surface area contributed by atoms with E-state index in [4.69, 9.17) is 10.2 Å². The van der Waals surface area contributed by atoms with Gasteiger partial charge in [0.1, 0.15) is 0 Å². The number of benzene rings is 1. The number of urea groups is 1. The van der Waals surface area contributed by atoms with Crippen molar-refractivity contribution in [2.75, 3.05) is 25.1 Å². The van der Waals surface area contributed by atoms with Crippen LogP contribution in [0.5, 0.6) is 0 Å². The molecule has 20 heavy (non-hydrogen) atoms. The summed E-state index contributed by atoms with van der Waals surface area (Å²) in [6, 6.07) is 8.22. The lowest BCUT2D eigenvalue weighted by Crippen LogP contribution is -2.47. The maximum Gasteiger partial charge on any atom is 0.324 e. The summed E-state index contributed by atoms with van der Waals surface area (Å²) in [4.78, 5) is 25.9. The van der Waals surface area contributed by atoms with Crippen molar-refractivity contribution in [3.63, 3.8) is 0 Å². The first-order valence-electron chi connectivity index (χ1n) is 6.39. The molecule has 2 N–H and O–H groups in total. The second-order valence-corrected chi connectivity index (χ2v) is 4.56. The summed E-state index contributed by atoms with van der Waals surface area (Å²) >= 11 is 0. The van der Waals surface area contributed by atoms with Crippen LogP contribution in [0, 0.1) is 0 Å². The zero-order valence-corrected chi connectivity index (χ0v) is 11.7. The minimum absolute atomic E-state index is 0.0840. The second-order valence-electron chi connectivity index (χ2n) is 4.56. The number of anilines is 1. The van der Waals surface area contributed by atoms with Gasteiger partial charge in [0, 0.05) is 19.3 Å². The number of aliphatic hydroxyl groups excluding tert-OH is 1. The molecule has 0 saturated heterocycles. The number of aliphatic hydroxyl groups is 1. The molecule has 1 atom stereocenters. The standard InChI is InChI=1S/C14H20N2O4/c1-11(10-17)15(2)14(20)16(9-8-13(18)19)12-6-4-3-5-7-12/h3-7,11,17H,8-10H2,1-2H3,(H,18,19). The van der Waals surface area contributed by atoms with Gasteiger partial charge in [-0.1, -0.05) is 18.2 Å². The highest BCUT2D eigenvalue weighted by molar-refractivity contribution is 5.92. The molecule has 110 valence electrons. The molecule has 0 spiro atoms. The van der Waals surface area contributed by atoms with Crippen molar-refractivity contribution in [1.29, 1.82) is 0 Å². The van der Waals surface area contributed by atoms with Crippen LogP contribution >= 0.6 is 0 Å². The summed E-state index contributed by atoms with van der Waals surface area (Å²) in [5.41, 5.74) is 0.635. The number of hydrogen-bond donors (Lipinski definition) is 2. The van der Waals surface area contributed by atoms with Gasteiger partial charge in [0.2, 0.25) is 0 Å². The smallest absolute Gasteiger partial charge is 0.324 e. The molecule has 0 heterocycles. The number of hydrogen-bond acceptors (Lipinski definition) is 3. The highest BCUT2D eigenvalue weighted by Crippen LogP contribution is 2.16. The second kappa shape index (κ2) is 7.49. The van der Waals surface area contributed by atoms with E-state index in [2.05, 4.69) is 0 Å². The fraction of sp³-hybridized carbons (Fsp3) is 0.429. The Morgan fingerprint density at radius 3 is 2.35 bits per heavy atom. The Kier molecular flexibility index (Phi) is 5.99. The van der Waals surface area contributed by atoms with E-state index in [-0.39, 0.29) is 31.6 Å². The van der Waals surface area contributed by atoms with Gasteiger partial charge >= 0.3 is 12.0 Å². The number of carbonyl (C=O) groups is 2. The Hall–Kier alpha value is -2.08. The number of likely N-dealkylation sites (N-methyl/N-ethyl adjacent to an activating group) is 1. The van der Waals surface area contributed by atoms with Crippen LogP contribution in [-0.4, -0.2) is 53.4 Å². The van der Waals surface area contributed by atoms with E-state index in [1.807, 2.05) is 6.07 Å². The van der Waals surface area contributed by atoms with Crippen LogP contribution in [0.3, 0.4) is 0 Å². The summed E-state index contributed by atoms with van der Waals surface area (Å²) in [5.74, 6) is -0.961. The largest absolute Gasteiger partial charge is 0.481 e. The van der Waals surface area contributed by atoms with Crippen LogP contribution in [0.2, 0.25) is 0 Å². The van der Waals surface area contributed by atoms with Gasteiger partial charge in [0.25, 0.3) is 0 Å². The minimum Gasteiger partial charge on any atom is -0.481 e. The number of carbonyl (C=O) groups excluding carboxylic acids is 1. The molecule has 0 radical (unpaired) electrons. The van der Waals surface area contributed by atoms with E-state index >= 15 is 0 Å². The molecule has 1 rings (SSSR count). The third kappa shape index (κ3) is 4.24. The van der Waals surface area contributed by atoms with Crippen molar-refractivity contribution in [3.05, 3.63) is 30.3 Å². The molecule has 0 bridgehead atoms. The fourth-order valence-electron chi connectivity index (χ4n) is 1.65. The molecule has 1 aromatic rings. The van der Waals surface area contributed by atoms with Gasteiger partial charge in [-0.2, -0.15) is 0 Å². The summed E-state index contributed by atoms with van der Waals surface area (Å²) in [6.07, 6.45) is -0.137. The van der Waals surface area contributed by atoms with Crippen LogP contribution < -0.4 is 4.90 Å². The van der Waals surface area contributed by atoms with E-state index in [0.717, 1.165) is 0 Å². The van der Waals surface area contributed by atoms with E-state index in [1.54, 1.807) is 38.2 Å². The first kappa shape index (κ1) is 16.0. The first-order chi connectivity index (χ1) is 9.47. The van der Waals surface area contributed by atoms with Gasteiger partial charge in [0.15, 0.2) is 0 Å². The molecule has 6 heteroatoms. The summed E-state index contributed by atoms with van der Waals surface area (Å²) in [5, 5.41) is 17.9. The topological polar surface area (TPSA) is 81.1 Å². The fourth-order valence-corrected chi connectivity index (χ4v) is 1.65. The monoisotopic (exact) mass is 280 g/mol. The molecule has 6 nitrogen and oxygen atoms in total. The van der Waals surface area contributed by atoms with E-state index < -0.39 is 5.97 Å². The SMILES string of the molecule is CC(CO)N(C)C(=O)N(CCC(=O)O)c1ccccc1. The molecule has 1 unspecified atom stereocenters. The van der Waals surface area contributed by atoms with E-state index in [1.165, 1.54) is 9.80 Å². The maximum absolute atomic E-state index is 12.4. The Balaban J connectivity index is 2.92. The third-order valence-corrected chi connectivity index (χ3v) is 3.08. The van der Waals surface area contributed by atoms with Crippen LogP contribution in [0.4, 0.5) is 10.5 Å². The van der Waals surface area contributed by atoms with Crippen molar-refractivity contribution < 1.29 is 19.8 Å². The highest BCUT2D eigenvalue weighted by atomic mass is 16.4. The number of amides is 2. The molecule has 0 aliphatic heterocycles. The van der Waals surface area contributed by atoms with Gasteiger partial charge in [0.05, 0.1) is 19.1 Å². The Labute approximate surface area is 118 Å². The Bertz CT molecular complexity index is 450. The minimum atomic E-state index is -0.961. The number of rotatable bonds is 6. The van der Waals surface area contributed by atoms with Gasteiger partial charge in [-0.3, -0.25) is 9.69 Å². The van der Waals surface area contributed by atoms with Crippen LogP contribution in [-0.2, 0) is 4.79 Å². The highest BCUT2D eigenvalue weighted by Gasteiger charge is 2.23. The lowest BCUT2D eigenvalue weighted by atomic mass is 10.2. The average molecular weight is 280 g/mol. The summed E-state index contributed by atoms with van der Waals surface area (Å²) < 4.78 is 0. The zero-order valence-electron chi connectivity index (χ0n) is 11.7. The van der Waals surface area contributed by atoms with Crippen molar-refractivity contribution in [2.45, 2.75) is 19.4 Å². The predicted octanol–water partition coefficient (Wildman–Crippen LogP) is 1.40. The maximum atomic E-state index is 12.4. The van der Waals surface area contributed by atoms with Crippen molar-refractivity contribution in [1.82, 2.24) is 4.90 Å². The molecular weight excluding hydrogens is 260 g/mol. The lowest BCUT2D eigenvalue weighted by Gasteiger charge is -2.31. The normalized spacial score (nSPS) is 11.8. The molecule has 2 amide bonds. The predicted molar refractivity (Wildman–Crippen MR) is 75.7 cm³/mol. The molecule has 0 aromatic heterocycles. The summed E-state index contributed by atoms with van der Waals surface area (Å²) in [6.45, 7) is 1.66. The zero-order chi connectivity index (χ0) is 15.1. The van der Waals surface area contributed by atoms with E-state index in [0.29, 0.717) is 5.69 Å². The number of carboxylic acid groups (broad SMARTS) is 1. The molecular formula is C14H20N2O4. The number of aliphatic carboxylic acids is 1. The average Bonchev–Trinajstić information content (AvgIpc) is 2.46. The Morgan fingerprint density at radius 1 is 1.25 bits per heavy atom. The molecule has 0 aliphatic carbocycles. The number of carboxylic acids is 1. The lowest BCUT2D eigenvalue weighted by molar-refractivity contribution is -0.136. The van der Waals surface area contributed by atoms with E-state index in [9.17, 15) is 9.59 Å². The molecule has 0 aliphatic rings.